The van der Waals surface area contributed by atoms with E-state index in [1.54, 1.807) is 0 Å². The summed E-state index contributed by atoms with van der Waals surface area (Å²) < 4.78 is 4.79. The molecule has 0 aliphatic carbocycles. The molecule has 6 heteroatoms. The van der Waals surface area contributed by atoms with Gasteiger partial charge in [0.1, 0.15) is 4.99 Å². The van der Waals surface area contributed by atoms with Gasteiger partial charge >= 0.3 is 0 Å². The van der Waals surface area contributed by atoms with E-state index in [1.807, 2.05) is 5.38 Å². The van der Waals surface area contributed by atoms with Crippen LogP contribution in [0.2, 0.25) is 0 Å². The third kappa shape index (κ3) is 1.03. The second kappa shape index (κ2) is 2.47. The predicted molar refractivity (Wildman–Crippen MR) is 51.2 cm³/mol. The van der Waals surface area contributed by atoms with Gasteiger partial charge in [-0.05, 0) is 11.5 Å². The van der Waals surface area contributed by atoms with Crippen LogP contribution in [-0.4, -0.2) is 14.6 Å². The maximum Gasteiger partial charge on any atom is 0.159 e. The fourth-order valence-electron chi connectivity index (χ4n) is 0.762. The van der Waals surface area contributed by atoms with E-state index < -0.39 is 0 Å². The highest BCUT2D eigenvalue weighted by Gasteiger charge is 2.08. The molecule has 2 N–H and O–H groups in total. The van der Waals surface area contributed by atoms with Crippen LogP contribution in [0.4, 0.5) is 0 Å². The molecule has 0 saturated carbocycles. The van der Waals surface area contributed by atoms with Crippen LogP contribution in [0.5, 0.6) is 0 Å². The number of nitrogens with zero attached hydrogens (tertiary/aromatic N) is 2. The van der Waals surface area contributed by atoms with Crippen LogP contribution in [-0.2, 0) is 0 Å². The predicted octanol–water partition coefficient (Wildman–Crippen LogP) is 1.39. The quantitative estimate of drug-likeness (QED) is 0.708. The first kappa shape index (κ1) is 7.08. The van der Waals surface area contributed by atoms with Crippen molar-refractivity contribution in [3.8, 4) is 0 Å². The largest absolute Gasteiger partial charge is 0.389 e. The monoisotopic (exact) mass is 201 g/mol. The molecule has 0 atom stereocenters. The molecule has 0 saturated heterocycles. The fourth-order valence-corrected chi connectivity index (χ4v) is 2.81. The molecule has 2 aromatic rings. The van der Waals surface area contributed by atoms with Crippen LogP contribution in [0, 0.1) is 0 Å². The lowest BCUT2D eigenvalue weighted by molar-refractivity contribution is 1.21. The third-order valence-corrected chi connectivity index (χ3v) is 3.23. The third-order valence-electron chi connectivity index (χ3n) is 1.26. The number of fused-ring (bicyclic) bond motifs is 1. The summed E-state index contributed by atoms with van der Waals surface area (Å²) >= 11 is 7.69. The topological polar surface area (TPSA) is 51.8 Å². The number of thiocarbonyl (C=S) groups is 1. The fraction of sp³-hybridized carbons (Fsp3) is 0. The van der Waals surface area contributed by atoms with Crippen molar-refractivity contribution in [1.82, 2.24) is 9.59 Å². The first-order chi connectivity index (χ1) is 5.29. The van der Waals surface area contributed by atoms with Crippen molar-refractivity contribution in [3.63, 3.8) is 0 Å². The Balaban J connectivity index is 2.78. The van der Waals surface area contributed by atoms with Gasteiger partial charge in [-0.2, -0.15) is 0 Å². The highest BCUT2D eigenvalue weighted by atomic mass is 32.1. The summed E-state index contributed by atoms with van der Waals surface area (Å²) in [6, 6.07) is 0. The van der Waals surface area contributed by atoms with Gasteiger partial charge in [-0.15, -0.1) is 16.4 Å². The van der Waals surface area contributed by atoms with E-state index in [-0.39, 0.29) is 0 Å². The van der Waals surface area contributed by atoms with Gasteiger partial charge in [0.2, 0.25) is 0 Å². The molecule has 0 spiro atoms. The lowest BCUT2D eigenvalue weighted by atomic mass is 10.3. The van der Waals surface area contributed by atoms with Crippen molar-refractivity contribution >= 4 is 49.6 Å². The Hall–Kier alpha value is -0.590. The van der Waals surface area contributed by atoms with Gasteiger partial charge in [0, 0.05) is 10.9 Å². The van der Waals surface area contributed by atoms with Gasteiger partial charge in [0.05, 0.1) is 4.70 Å². The normalized spacial score (nSPS) is 10.5. The minimum atomic E-state index is 0.419. The van der Waals surface area contributed by atoms with Crippen LogP contribution in [0.3, 0.4) is 0 Å². The van der Waals surface area contributed by atoms with E-state index in [1.165, 1.54) is 22.9 Å². The lowest BCUT2D eigenvalue weighted by Gasteiger charge is -1.87. The van der Waals surface area contributed by atoms with Crippen molar-refractivity contribution in [3.05, 3.63) is 10.9 Å². The van der Waals surface area contributed by atoms with Crippen molar-refractivity contribution < 1.29 is 0 Å². The lowest BCUT2D eigenvalue weighted by Crippen LogP contribution is -2.07. The van der Waals surface area contributed by atoms with Crippen LogP contribution in [0.15, 0.2) is 5.38 Å². The molecule has 2 heterocycles. The summed E-state index contributed by atoms with van der Waals surface area (Å²) in [5.41, 5.74) is 6.37. The zero-order valence-electron chi connectivity index (χ0n) is 5.27. The van der Waals surface area contributed by atoms with E-state index in [0.29, 0.717) is 4.99 Å². The molecular formula is C5H3N3S3. The number of aromatic nitrogens is 2. The second-order valence-corrected chi connectivity index (χ2v) is 3.97. The van der Waals surface area contributed by atoms with E-state index in [4.69, 9.17) is 18.0 Å². The van der Waals surface area contributed by atoms with Crippen molar-refractivity contribution in [2.45, 2.75) is 0 Å². The van der Waals surface area contributed by atoms with Crippen LogP contribution in [0.25, 0.3) is 9.53 Å². The number of nitrogens with two attached hydrogens (primary N) is 1. The van der Waals surface area contributed by atoms with E-state index >= 15 is 0 Å². The Morgan fingerprint density at radius 3 is 3.18 bits per heavy atom. The number of thiophene rings is 1. The molecule has 0 radical (unpaired) electrons. The van der Waals surface area contributed by atoms with Crippen LogP contribution >= 0.6 is 35.1 Å². The molecule has 2 rings (SSSR count). The zero-order chi connectivity index (χ0) is 7.84. The number of rotatable bonds is 1. The summed E-state index contributed by atoms with van der Waals surface area (Å²) in [6.45, 7) is 0. The van der Waals surface area contributed by atoms with Gasteiger partial charge in [-0.3, -0.25) is 0 Å². The van der Waals surface area contributed by atoms with E-state index in [9.17, 15) is 0 Å². The van der Waals surface area contributed by atoms with Gasteiger partial charge in [-0.25, -0.2) is 0 Å². The van der Waals surface area contributed by atoms with Gasteiger partial charge < -0.3 is 5.73 Å². The van der Waals surface area contributed by atoms with Crippen LogP contribution < -0.4 is 5.73 Å². The Morgan fingerprint density at radius 1 is 1.64 bits per heavy atom. The van der Waals surface area contributed by atoms with Crippen molar-refractivity contribution in [2.24, 2.45) is 5.73 Å². The molecule has 0 aromatic carbocycles. The van der Waals surface area contributed by atoms with E-state index in [0.717, 1.165) is 15.1 Å². The number of hydrogen-bond acceptors (Lipinski definition) is 5. The standard InChI is InChI=1S/C5H3N3S3/c6-4(9)2-1-10-5-3(2)11-8-7-5/h1H,(H2,6,9). The minimum Gasteiger partial charge on any atom is -0.389 e. The first-order valence-electron chi connectivity index (χ1n) is 2.78. The summed E-state index contributed by atoms with van der Waals surface area (Å²) in [6.07, 6.45) is 0. The summed E-state index contributed by atoms with van der Waals surface area (Å²) in [7, 11) is 0. The van der Waals surface area contributed by atoms with Gasteiger partial charge in [0.15, 0.2) is 4.83 Å². The highest BCUT2D eigenvalue weighted by molar-refractivity contribution is 7.80. The summed E-state index contributed by atoms with van der Waals surface area (Å²) in [4.78, 5) is 1.33. The average molecular weight is 201 g/mol. The molecule has 56 valence electrons. The first-order valence-corrected chi connectivity index (χ1v) is 4.84. The number of hydrogen-bond donors (Lipinski definition) is 1. The van der Waals surface area contributed by atoms with Crippen molar-refractivity contribution in [2.75, 3.05) is 0 Å². The Labute approximate surface area is 76.0 Å². The van der Waals surface area contributed by atoms with Gasteiger partial charge in [0.25, 0.3) is 0 Å². The highest BCUT2D eigenvalue weighted by Crippen LogP contribution is 2.26. The summed E-state index contributed by atoms with van der Waals surface area (Å²) in [5, 5.41) is 5.81. The molecule has 11 heavy (non-hydrogen) atoms. The van der Waals surface area contributed by atoms with Crippen LogP contribution in [0.1, 0.15) is 5.56 Å². The Morgan fingerprint density at radius 2 is 2.45 bits per heavy atom. The Kier molecular flexibility index (Phi) is 1.59. The van der Waals surface area contributed by atoms with E-state index in [2.05, 4.69) is 9.59 Å². The Bertz CT molecular complexity index is 402. The zero-order valence-corrected chi connectivity index (χ0v) is 7.72. The molecular weight excluding hydrogens is 198 g/mol. The molecule has 0 amide bonds. The molecule has 0 bridgehead atoms. The molecule has 0 fully saturated rings. The molecule has 0 aliphatic rings. The molecule has 3 nitrogen and oxygen atoms in total. The second-order valence-electron chi connectivity index (χ2n) is 1.92. The molecule has 0 unspecified atom stereocenters. The SMILES string of the molecule is NC(=S)c1csc2nnsc12. The average Bonchev–Trinajstić information content (AvgIpc) is 2.41. The van der Waals surface area contributed by atoms with Gasteiger partial charge in [-0.1, -0.05) is 16.7 Å². The minimum absolute atomic E-state index is 0.419. The summed E-state index contributed by atoms with van der Waals surface area (Å²) in [5.74, 6) is 0. The maximum absolute atomic E-state index is 5.47. The molecule has 0 aliphatic heterocycles. The smallest absolute Gasteiger partial charge is 0.159 e. The van der Waals surface area contributed by atoms with Crippen molar-refractivity contribution in [1.29, 1.82) is 0 Å². The molecule has 2 aromatic heterocycles. The maximum atomic E-state index is 5.47.